The van der Waals surface area contributed by atoms with Crippen LogP contribution in [0.15, 0.2) is 53.9 Å². The molecule has 1 saturated heterocycles. The van der Waals surface area contributed by atoms with Gasteiger partial charge < -0.3 is 9.80 Å². The molecule has 0 bridgehead atoms. The van der Waals surface area contributed by atoms with Gasteiger partial charge in [-0.25, -0.2) is 4.98 Å². The second-order valence-electron chi connectivity index (χ2n) is 9.81. The predicted molar refractivity (Wildman–Crippen MR) is 157 cm³/mol. The highest BCUT2D eigenvalue weighted by Crippen LogP contribution is 2.34. The van der Waals surface area contributed by atoms with Crippen LogP contribution in [0, 0.1) is 22.7 Å². The largest absolute Gasteiger partial charge is 0.372 e. The van der Waals surface area contributed by atoms with Gasteiger partial charge in [0.05, 0.1) is 35.7 Å². The van der Waals surface area contributed by atoms with Crippen molar-refractivity contribution in [3.8, 4) is 23.4 Å². The summed E-state index contributed by atoms with van der Waals surface area (Å²) in [6, 6.07) is 21.9. The van der Waals surface area contributed by atoms with E-state index in [1.54, 1.807) is 11.3 Å². The average Bonchev–Trinajstić information content (AvgIpc) is 3.46. The maximum atomic E-state index is 8.95. The molecule has 38 heavy (non-hydrogen) atoms. The number of nitrogens with zero attached hydrogens (tertiary/aromatic N) is 6. The number of hydrogen-bond donors (Lipinski definition) is 0. The van der Waals surface area contributed by atoms with E-state index in [1.165, 1.54) is 21.8 Å². The van der Waals surface area contributed by atoms with Crippen LogP contribution in [-0.2, 0) is 6.54 Å². The SMILES string of the molecule is CCN(CC)c1ccc(-c2csc(C3CCN(Cc4ccc(N(CCC#N)CCC#N)cc4)CC3)n2)cc1. The maximum absolute atomic E-state index is 8.95. The molecular weight excluding hydrogens is 488 g/mol. The fraction of sp³-hybridized carbons (Fsp3) is 0.452. The van der Waals surface area contributed by atoms with Crippen molar-refractivity contribution in [2.45, 2.75) is 52.0 Å². The number of piperidine rings is 1. The molecule has 0 spiro atoms. The van der Waals surface area contributed by atoms with Crippen LogP contribution in [0.25, 0.3) is 11.3 Å². The zero-order valence-electron chi connectivity index (χ0n) is 22.6. The molecule has 3 aromatic rings. The molecule has 2 heterocycles. The molecule has 1 aliphatic heterocycles. The summed E-state index contributed by atoms with van der Waals surface area (Å²) in [4.78, 5) is 12.1. The molecule has 1 fully saturated rings. The highest BCUT2D eigenvalue weighted by Gasteiger charge is 2.23. The highest BCUT2D eigenvalue weighted by molar-refractivity contribution is 7.10. The summed E-state index contributed by atoms with van der Waals surface area (Å²) >= 11 is 1.81. The Morgan fingerprint density at radius 2 is 1.45 bits per heavy atom. The summed E-state index contributed by atoms with van der Waals surface area (Å²) in [6.45, 7) is 10.9. The molecule has 0 N–H and O–H groups in total. The monoisotopic (exact) mass is 526 g/mol. The van der Waals surface area contributed by atoms with Crippen LogP contribution >= 0.6 is 11.3 Å². The van der Waals surface area contributed by atoms with Crippen LogP contribution in [0.4, 0.5) is 11.4 Å². The van der Waals surface area contributed by atoms with Crippen LogP contribution in [0.5, 0.6) is 0 Å². The summed E-state index contributed by atoms with van der Waals surface area (Å²) in [7, 11) is 0. The van der Waals surface area contributed by atoms with E-state index in [0.29, 0.717) is 31.8 Å². The Balaban J connectivity index is 1.29. The number of rotatable bonds is 12. The number of benzene rings is 2. The number of hydrogen-bond acceptors (Lipinski definition) is 7. The Morgan fingerprint density at radius 1 is 0.868 bits per heavy atom. The molecule has 0 saturated carbocycles. The van der Waals surface area contributed by atoms with Crippen molar-refractivity contribution in [3.05, 3.63) is 64.5 Å². The number of aromatic nitrogens is 1. The summed E-state index contributed by atoms with van der Waals surface area (Å²) in [5.74, 6) is 0.538. The first-order valence-corrected chi connectivity index (χ1v) is 14.6. The molecule has 2 aromatic carbocycles. The van der Waals surface area contributed by atoms with Gasteiger partial charge in [-0.3, -0.25) is 4.90 Å². The van der Waals surface area contributed by atoms with E-state index in [4.69, 9.17) is 15.5 Å². The van der Waals surface area contributed by atoms with Gasteiger partial charge >= 0.3 is 0 Å². The van der Waals surface area contributed by atoms with Crippen molar-refractivity contribution in [2.75, 3.05) is 49.1 Å². The van der Waals surface area contributed by atoms with Gasteiger partial charge in [-0.2, -0.15) is 10.5 Å². The van der Waals surface area contributed by atoms with Crippen LogP contribution in [0.1, 0.15) is 56.0 Å². The minimum absolute atomic E-state index is 0.464. The van der Waals surface area contributed by atoms with Crippen LogP contribution in [-0.4, -0.2) is 49.2 Å². The number of thiazole rings is 1. The van der Waals surface area contributed by atoms with E-state index >= 15 is 0 Å². The first-order valence-electron chi connectivity index (χ1n) is 13.8. The first kappa shape index (κ1) is 27.6. The van der Waals surface area contributed by atoms with Gasteiger partial charge in [-0.05, 0) is 69.6 Å². The standard InChI is InChI=1S/C31H38N6S/c1-3-36(4-2)28-13-9-26(10-14-28)30-24-38-31(34-30)27-15-21-35(22-16-27)23-25-7-11-29(12-8-25)37(19-5-17-32)20-6-18-33/h7-14,24,27H,3-6,15-16,19-23H2,1-2H3. The van der Waals surface area contributed by atoms with E-state index in [2.05, 4.69) is 94.6 Å². The minimum Gasteiger partial charge on any atom is -0.372 e. The summed E-state index contributed by atoms with van der Waals surface area (Å²) in [5.41, 5.74) is 5.95. The molecule has 6 nitrogen and oxygen atoms in total. The van der Waals surface area contributed by atoms with Crippen molar-refractivity contribution >= 4 is 22.7 Å². The zero-order chi connectivity index (χ0) is 26.7. The lowest BCUT2D eigenvalue weighted by atomic mass is 9.97. The van der Waals surface area contributed by atoms with E-state index in [-0.39, 0.29) is 0 Å². The quantitative estimate of drug-likeness (QED) is 0.262. The van der Waals surface area contributed by atoms with Gasteiger partial charge in [-0.15, -0.1) is 11.3 Å². The molecule has 198 valence electrons. The van der Waals surface area contributed by atoms with Crippen molar-refractivity contribution in [3.63, 3.8) is 0 Å². The van der Waals surface area contributed by atoms with Gasteiger partial charge in [0.2, 0.25) is 0 Å². The van der Waals surface area contributed by atoms with Gasteiger partial charge in [0, 0.05) is 61.0 Å². The molecule has 1 aliphatic rings. The van der Waals surface area contributed by atoms with E-state index in [1.807, 2.05) is 0 Å². The fourth-order valence-corrected chi connectivity index (χ4v) is 6.19. The third-order valence-electron chi connectivity index (χ3n) is 7.45. The van der Waals surface area contributed by atoms with Crippen molar-refractivity contribution in [1.29, 1.82) is 10.5 Å². The van der Waals surface area contributed by atoms with Gasteiger partial charge in [-0.1, -0.05) is 24.3 Å². The first-order chi connectivity index (χ1) is 18.6. The number of anilines is 2. The maximum Gasteiger partial charge on any atom is 0.0964 e. The molecule has 0 unspecified atom stereocenters. The van der Waals surface area contributed by atoms with E-state index in [0.717, 1.165) is 56.9 Å². The number of nitriles is 2. The lowest BCUT2D eigenvalue weighted by molar-refractivity contribution is 0.204. The Kier molecular flexibility index (Phi) is 10.1. The van der Waals surface area contributed by atoms with Crippen LogP contribution in [0.3, 0.4) is 0 Å². The number of likely N-dealkylation sites (tertiary alicyclic amines) is 1. The van der Waals surface area contributed by atoms with Gasteiger partial charge in [0.25, 0.3) is 0 Å². The van der Waals surface area contributed by atoms with Gasteiger partial charge in [0.15, 0.2) is 0 Å². The van der Waals surface area contributed by atoms with Gasteiger partial charge in [0.1, 0.15) is 0 Å². The van der Waals surface area contributed by atoms with E-state index in [9.17, 15) is 0 Å². The Hall–Kier alpha value is -3.39. The molecular formula is C31H38N6S. The second kappa shape index (κ2) is 14.0. The highest BCUT2D eigenvalue weighted by atomic mass is 32.1. The molecule has 0 atom stereocenters. The molecule has 0 aliphatic carbocycles. The van der Waals surface area contributed by atoms with Crippen molar-refractivity contribution < 1.29 is 0 Å². The summed E-state index contributed by atoms with van der Waals surface area (Å²) in [5, 5.41) is 21.4. The molecule has 4 rings (SSSR count). The van der Waals surface area contributed by atoms with E-state index < -0.39 is 0 Å². The molecule has 7 heteroatoms. The zero-order valence-corrected chi connectivity index (χ0v) is 23.5. The summed E-state index contributed by atoms with van der Waals surface area (Å²) < 4.78 is 0. The fourth-order valence-electron chi connectivity index (χ4n) is 5.19. The summed E-state index contributed by atoms with van der Waals surface area (Å²) in [6.07, 6.45) is 3.21. The van der Waals surface area contributed by atoms with Crippen molar-refractivity contribution in [1.82, 2.24) is 9.88 Å². The predicted octanol–water partition coefficient (Wildman–Crippen LogP) is 6.67. The molecule has 0 amide bonds. The van der Waals surface area contributed by atoms with Crippen molar-refractivity contribution in [2.24, 2.45) is 0 Å². The third kappa shape index (κ3) is 7.13. The second-order valence-corrected chi connectivity index (χ2v) is 10.7. The minimum atomic E-state index is 0.464. The normalized spacial score (nSPS) is 14.1. The van der Waals surface area contributed by atoms with Crippen LogP contribution < -0.4 is 9.80 Å². The Bertz CT molecular complexity index is 1190. The lowest BCUT2D eigenvalue weighted by Crippen LogP contribution is -2.32. The van der Waals surface area contributed by atoms with Crippen LogP contribution in [0.2, 0.25) is 0 Å². The average molecular weight is 527 g/mol. The molecule has 1 aromatic heterocycles. The third-order valence-corrected chi connectivity index (χ3v) is 8.45. The smallest absolute Gasteiger partial charge is 0.0964 e. The lowest BCUT2D eigenvalue weighted by Gasteiger charge is -2.31. The Morgan fingerprint density at radius 3 is 2.03 bits per heavy atom. The Labute approximate surface area is 231 Å². The molecule has 0 radical (unpaired) electrons. The topological polar surface area (TPSA) is 70.2 Å².